The van der Waals surface area contributed by atoms with Gasteiger partial charge in [-0.15, -0.1) is 0 Å². The molecule has 0 rings (SSSR count). The lowest BCUT2D eigenvalue weighted by Gasteiger charge is -2.36. The molecule has 0 heterocycles. The smallest absolute Gasteiger partial charge is 0.191 e. The van der Waals surface area contributed by atoms with E-state index in [4.69, 9.17) is 4.43 Å². The molecule has 0 amide bonds. The van der Waals surface area contributed by atoms with Gasteiger partial charge in [0.25, 0.3) is 0 Å². The molecule has 0 N–H and O–H groups in total. The van der Waals surface area contributed by atoms with E-state index in [-0.39, 0.29) is 4.75 Å². The van der Waals surface area contributed by atoms with Crippen molar-refractivity contribution >= 4 is 26.5 Å². The molecule has 0 saturated heterocycles. The summed E-state index contributed by atoms with van der Waals surface area (Å²) in [6.07, 6.45) is 2.89. The molecule has 2 nitrogen and oxygen atoms in total. The Bertz CT molecular complexity index is 251. The van der Waals surface area contributed by atoms with Gasteiger partial charge in [-0.1, -0.05) is 20.8 Å². The van der Waals surface area contributed by atoms with Gasteiger partial charge in [-0.2, -0.15) is 0 Å². The van der Waals surface area contributed by atoms with Gasteiger partial charge in [0.15, 0.2) is 8.32 Å². The van der Waals surface area contributed by atoms with Crippen molar-refractivity contribution in [1.82, 2.24) is 0 Å². The van der Waals surface area contributed by atoms with Gasteiger partial charge >= 0.3 is 0 Å². The van der Waals surface area contributed by atoms with Gasteiger partial charge in [0.2, 0.25) is 0 Å². The second kappa shape index (κ2) is 6.39. The van der Waals surface area contributed by atoms with Crippen LogP contribution < -0.4 is 0 Å². The molecule has 0 fully saturated rings. The highest BCUT2D eigenvalue weighted by atomic mass is 32.2. The normalized spacial score (nSPS) is 14.6. The maximum atomic E-state index is 6.06. The molecule has 0 aliphatic rings. The molecule has 0 aromatic carbocycles. The van der Waals surface area contributed by atoms with Crippen LogP contribution >= 0.6 is 11.9 Å². The van der Waals surface area contributed by atoms with Crippen LogP contribution in [0.3, 0.4) is 0 Å². The Morgan fingerprint density at radius 3 is 2.06 bits per heavy atom. The van der Waals surface area contributed by atoms with Gasteiger partial charge in [-0.3, -0.25) is 0 Å². The van der Waals surface area contributed by atoms with E-state index >= 15 is 0 Å². The second-order valence-corrected chi connectivity index (χ2v) is 13.3. The third kappa shape index (κ3) is 8.00. The van der Waals surface area contributed by atoms with Crippen LogP contribution in [-0.2, 0) is 4.43 Å². The summed E-state index contributed by atoms with van der Waals surface area (Å²) in [7, 11) is -1.57. The van der Waals surface area contributed by atoms with Crippen molar-refractivity contribution in [3.05, 3.63) is 0 Å². The minimum absolute atomic E-state index is 0.205. The quantitative estimate of drug-likeness (QED) is 0.307. The Hall–Kier alpha value is 0.197. The fourth-order valence-electron chi connectivity index (χ4n) is 0.831. The zero-order valence-electron chi connectivity index (χ0n) is 12.8. The zero-order valence-corrected chi connectivity index (χ0v) is 14.6. The summed E-state index contributed by atoms with van der Waals surface area (Å²) in [6.45, 7) is 18.7. The molecular formula is C13H29NOSSi. The second-order valence-electron chi connectivity index (χ2n) is 6.89. The average molecular weight is 276 g/mol. The number of nitrogens with zero attached hydrogens (tertiary/aromatic N) is 1. The van der Waals surface area contributed by atoms with Crippen molar-refractivity contribution in [2.75, 3.05) is 6.61 Å². The van der Waals surface area contributed by atoms with Crippen molar-refractivity contribution in [3.8, 4) is 0 Å². The largest absolute Gasteiger partial charge is 0.416 e. The predicted molar refractivity (Wildman–Crippen MR) is 83.6 cm³/mol. The summed E-state index contributed by atoms with van der Waals surface area (Å²) < 4.78 is 10.6. The van der Waals surface area contributed by atoms with Crippen LogP contribution in [0.2, 0.25) is 18.1 Å². The number of rotatable bonds is 5. The first-order valence-electron chi connectivity index (χ1n) is 6.30. The lowest BCUT2D eigenvalue weighted by atomic mass is 10.2. The summed E-state index contributed by atoms with van der Waals surface area (Å²) in [4.78, 5) is 0. The van der Waals surface area contributed by atoms with Gasteiger partial charge in [-0.05, 0) is 50.9 Å². The first-order chi connectivity index (χ1) is 7.46. The van der Waals surface area contributed by atoms with E-state index in [0.29, 0.717) is 5.04 Å². The van der Waals surface area contributed by atoms with Crippen LogP contribution in [0.25, 0.3) is 0 Å². The van der Waals surface area contributed by atoms with Crippen LogP contribution in [0.15, 0.2) is 4.40 Å². The third-order valence-corrected chi connectivity index (χ3v) is 8.26. The van der Waals surface area contributed by atoms with E-state index in [2.05, 4.69) is 59.0 Å². The molecule has 4 heteroatoms. The third-order valence-electron chi connectivity index (χ3n) is 2.92. The lowest BCUT2D eigenvalue weighted by Crippen LogP contribution is -2.41. The predicted octanol–water partition coefficient (Wildman–Crippen LogP) is 4.92. The fraction of sp³-hybridized carbons (Fsp3) is 0.923. The van der Waals surface area contributed by atoms with E-state index in [1.807, 2.05) is 6.21 Å². The van der Waals surface area contributed by atoms with Gasteiger partial charge < -0.3 is 4.43 Å². The average Bonchev–Trinajstić information content (AvgIpc) is 2.07. The summed E-state index contributed by atoms with van der Waals surface area (Å²) in [6, 6.07) is 0. The highest BCUT2D eigenvalue weighted by Gasteiger charge is 2.36. The maximum Gasteiger partial charge on any atom is 0.191 e. The van der Waals surface area contributed by atoms with Crippen LogP contribution in [0, 0.1) is 0 Å². The Labute approximate surface area is 113 Å². The maximum absolute atomic E-state index is 6.06. The Kier molecular flexibility index (Phi) is 6.46. The van der Waals surface area contributed by atoms with Crippen molar-refractivity contribution in [2.24, 2.45) is 4.40 Å². The first kappa shape index (κ1) is 17.2. The highest BCUT2D eigenvalue weighted by Crippen LogP contribution is 2.36. The molecule has 0 radical (unpaired) electrons. The van der Waals surface area contributed by atoms with Crippen LogP contribution in [0.5, 0.6) is 0 Å². The molecule has 17 heavy (non-hydrogen) atoms. The molecule has 0 atom stereocenters. The zero-order chi connectivity index (χ0) is 13.7. The number of hydrogen-bond acceptors (Lipinski definition) is 3. The molecule has 0 bridgehead atoms. The Morgan fingerprint density at radius 1 is 1.12 bits per heavy atom. The van der Waals surface area contributed by atoms with Crippen molar-refractivity contribution < 1.29 is 4.43 Å². The monoisotopic (exact) mass is 275 g/mol. The van der Waals surface area contributed by atoms with E-state index in [1.54, 1.807) is 11.9 Å². The van der Waals surface area contributed by atoms with Crippen LogP contribution in [0.4, 0.5) is 0 Å². The standard InChI is InChI=1S/C13H29NOSSi/c1-12(2,3)16-14-10-9-11-15-17(7,8)13(4,5)6/h10H,9,11H2,1-8H3. The van der Waals surface area contributed by atoms with Crippen molar-refractivity contribution in [2.45, 2.75) is 70.8 Å². The van der Waals surface area contributed by atoms with Gasteiger partial charge in [0.1, 0.15) is 0 Å². The lowest BCUT2D eigenvalue weighted by molar-refractivity contribution is 0.299. The van der Waals surface area contributed by atoms with Gasteiger partial charge in [0, 0.05) is 24.0 Å². The summed E-state index contributed by atoms with van der Waals surface area (Å²) in [5.74, 6) is 0. The molecule has 0 aromatic heterocycles. The van der Waals surface area contributed by atoms with Crippen LogP contribution in [0.1, 0.15) is 48.0 Å². The van der Waals surface area contributed by atoms with Crippen LogP contribution in [-0.4, -0.2) is 25.9 Å². The first-order valence-corrected chi connectivity index (χ1v) is 9.98. The van der Waals surface area contributed by atoms with Gasteiger partial charge in [0.05, 0.1) is 0 Å². The fourth-order valence-corrected chi connectivity index (χ4v) is 2.39. The molecule has 0 aliphatic carbocycles. The minimum Gasteiger partial charge on any atom is -0.416 e. The molecule has 0 aliphatic heterocycles. The van der Waals surface area contributed by atoms with E-state index < -0.39 is 8.32 Å². The minimum atomic E-state index is -1.57. The Balaban J connectivity index is 3.87. The van der Waals surface area contributed by atoms with E-state index in [1.165, 1.54) is 0 Å². The summed E-state index contributed by atoms with van der Waals surface area (Å²) in [5, 5.41) is 0.296. The van der Waals surface area contributed by atoms with E-state index in [0.717, 1.165) is 13.0 Å². The summed E-state index contributed by atoms with van der Waals surface area (Å²) >= 11 is 1.62. The van der Waals surface area contributed by atoms with Crippen molar-refractivity contribution in [3.63, 3.8) is 0 Å². The Morgan fingerprint density at radius 2 is 1.65 bits per heavy atom. The molecule has 0 aromatic rings. The van der Waals surface area contributed by atoms with Crippen molar-refractivity contribution in [1.29, 1.82) is 0 Å². The molecule has 0 spiro atoms. The van der Waals surface area contributed by atoms with Gasteiger partial charge in [-0.25, -0.2) is 4.40 Å². The molecule has 0 saturated carbocycles. The molecule has 102 valence electrons. The SMILES string of the molecule is CC(C)(C)SN=CCCO[Si](C)(C)C(C)(C)C. The molecular weight excluding hydrogens is 246 g/mol. The highest BCUT2D eigenvalue weighted by molar-refractivity contribution is 7.99. The topological polar surface area (TPSA) is 21.6 Å². The number of hydrogen-bond donors (Lipinski definition) is 0. The van der Waals surface area contributed by atoms with E-state index in [9.17, 15) is 0 Å². The molecule has 0 unspecified atom stereocenters. The summed E-state index contributed by atoms with van der Waals surface area (Å²) in [5.41, 5.74) is 0.